The molecule has 1 aliphatic heterocycles. The van der Waals surface area contributed by atoms with Crippen molar-refractivity contribution >= 4 is 47.0 Å². The molecule has 1 saturated heterocycles. The third kappa shape index (κ3) is 8.18. The van der Waals surface area contributed by atoms with E-state index in [1.807, 2.05) is 0 Å². The Bertz CT molecular complexity index is 820. The van der Waals surface area contributed by atoms with E-state index in [0.29, 0.717) is 0 Å². The molecule has 192 valence electrons. The highest BCUT2D eigenvalue weighted by Crippen LogP contribution is 2.36. The van der Waals surface area contributed by atoms with Gasteiger partial charge in [0.25, 0.3) is 0 Å². The average molecular weight is 507 g/mol. The Kier molecular flexibility index (Phi) is 10.8. The summed E-state index contributed by atoms with van der Waals surface area (Å²) in [5, 5.41) is 2.59. The zero-order chi connectivity index (χ0) is 26.2. The largest absolute Gasteiger partial charge is 0.462 e. The number of rotatable bonds is 10. The summed E-state index contributed by atoms with van der Waals surface area (Å²) in [5.74, 6) is -5.35. The molecule has 3 N–H and O–H groups in total. The number of hydrogen-bond donors (Lipinski definition) is 2. The van der Waals surface area contributed by atoms with Crippen LogP contribution in [0.4, 0.5) is 0 Å². The van der Waals surface area contributed by atoms with Gasteiger partial charge in [0, 0.05) is 48.1 Å². The molecule has 1 amide bonds. The summed E-state index contributed by atoms with van der Waals surface area (Å²) in [4.78, 5) is 58.8. The SMILES string of the molecule is CO[C@]1(C(N)=S)C[C@H](OC(C)=O)[C@@H](NC(C)=O)[C@H]([C@@H](OC(C)=O)[C@@H](COC(C)=O)OC(C)=O)O1. The van der Waals surface area contributed by atoms with Crippen molar-refractivity contribution in [2.75, 3.05) is 13.7 Å². The number of amides is 1. The normalized spacial score (nSPS) is 25.8. The Labute approximate surface area is 201 Å². The van der Waals surface area contributed by atoms with Crippen LogP contribution in [0.15, 0.2) is 0 Å². The highest BCUT2D eigenvalue weighted by Gasteiger charge is 2.56. The number of esters is 4. The first kappa shape index (κ1) is 29.2. The number of carbonyl (C=O) groups excluding carboxylic acids is 5. The van der Waals surface area contributed by atoms with E-state index >= 15 is 0 Å². The second-order valence-electron chi connectivity index (χ2n) is 7.51. The van der Waals surface area contributed by atoms with Crippen LogP contribution in [0.3, 0.4) is 0 Å². The second kappa shape index (κ2) is 12.6. The van der Waals surface area contributed by atoms with Crippen LogP contribution in [0.25, 0.3) is 0 Å². The molecule has 0 aromatic carbocycles. The van der Waals surface area contributed by atoms with E-state index in [4.69, 9.17) is 46.4 Å². The van der Waals surface area contributed by atoms with Crippen LogP contribution in [0, 0.1) is 0 Å². The van der Waals surface area contributed by atoms with Crippen molar-refractivity contribution in [1.29, 1.82) is 0 Å². The molecule has 0 aromatic heterocycles. The smallest absolute Gasteiger partial charge is 0.303 e. The molecule has 0 saturated carbocycles. The maximum Gasteiger partial charge on any atom is 0.303 e. The summed E-state index contributed by atoms with van der Waals surface area (Å²) in [7, 11) is 1.24. The van der Waals surface area contributed by atoms with Crippen molar-refractivity contribution in [3.8, 4) is 0 Å². The van der Waals surface area contributed by atoms with Crippen molar-refractivity contribution in [3.63, 3.8) is 0 Å². The quantitative estimate of drug-likeness (QED) is 0.215. The predicted molar refractivity (Wildman–Crippen MR) is 117 cm³/mol. The van der Waals surface area contributed by atoms with Crippen molar-refractivity contribution in [1.82, 2.24) is 5.32 Å². The molecule has 13 nitrogen and oxygen atoms in total. The Morgan fingerprint density at radius 3 is 2.03 bits per heavy atom. The van der Waals surface area contributed by atoms with E-state index < -0.39 is 72.6 Å². The van der Waals surface area contributed by atoms with Crippen molar-refractivity contribution in [3.05, 3.63) is 0 Å². The summed E-state index contributed by atoms with van der Waals surface area (Å²) in [5.41, 5.74) is 5.86. The molecule has 1 rings (SSSR count). The zero-order valence-corrected chi connectivity index (χ0v) is 20.6. The fourth-order valence-corrected chi connectivity index (χ4v) is 3.71. The average Bonchev–Trinajstić information content (AvgIpc) is 2.69. The van der Waals surface area contributed by atoms with Gasteiger partial charge in [-0.2, -0.15) is 0 Å². The minimum Gasteiger partial charge on any atom is -0.462 e. The molecule has 1 aliphatic rings. The van der Waals surface area contributed by atoms with Crippen LogP contribution >= 0.6 is 12.2 Å². The molecule has 1 fully saturated rings. The van der Waals surface area contributed by atoms with Crippen LogP contribution in [-0.4, -0.2) is 84.7 Å². The van der Waals surface area contributed by atoms with E-state index in [-0.39, 0.29) is 11.4 Å². The Morgan fingerprint density at radius 2 is 1.62 bits per heavy atom. The third-order valence-electron chi connectivity index (χ3n) is 4.70. The summed E-state index contributed by atoms with van der Waals surface area (Å²) < 4.78 is 32.5. The fourth-order valence-electron chi connectivity index (χ4n) is 3.50. The highest BCUT2D eigenvalue weighted by atomic mass is 32.1. The number of carbonyl (C=O) groups is 5. The van der Waals surface area contributed by atoms with Gasteiger partial charge in [0.1, 0.15) is 23.8 Å². The van der Waals surface area contributed by atoms with E-state index in [1.54, 1.807) is 0 Å². The molecular weight excluding hydrogens is 476 g/mol. The molecule has 0 aromatic rings. The molecule has 0 aliphatic carbocycles. The standard InChI is InChI=1S/C20H30N2O11S/c1-9(23)22-16-14(30-11(3)25)7-20(28-6,19(21)34)33-18(16)17(32-13(5)27)15(31-12(4)26)8-29-10(2)24/h14-18H,7-8H2,1-6H3,(H2,21,34)(H,22,23)/t14-,15+,16+,17-,18+,20+/m0/s1. The third-order valence-corrected chi connectivity index (χ3v) is 5.01. The van der Waals surface area contributed by atoms with Crippen LogP contribution in [0.5, 0.6) is 0 Å². The Hall–Kier alpha value is -2.84. The zero-order valence-electron chi connectivity index (χ0n) is 19.8. The first-order chi connectivity index (χ1) is 15.7. The Morgan fingerprint density at radius 1 is 1.03 bits per heavy atom. The van der Waals surface area contributed by atoms with Crippen molar-refractivity contribution in [2.45, 2.75) is 77.3 Å². The summed E-state index contributed by atoms with van der Waals surface area (Å²) in [6.07, 6.45) is -5.60. The first-order valence-electron chi connectivity index (χ1n) is 10.2. The number of ether oxygens (including phenoxy) is 6. The molecule has 0 unspecified atom stereocenters. The second-order valence-corrected chi connectivity index (χ2v) is 7.95. The Balaban J connectivity index is 3.67. The van der Waals surface area contributed by atoms with Gasteiger partial charge < -0.3 is 39.5 Å². The first-order valence-corrected chi connectivity index (χ1v) is 10.6. The van der Waals surface area contributed by atoms with Gasteiger partial charge in [0.05, 0.1) is 6.04 Å². The molecule has 34 heavy (non-hydrogen) atoms. The van der Waals surface area contributed by atoms with Gasteiger partial charge in [-0.1, -0.05) is 12.2 Å². The van der Waals surface area contributed by atoms with Gasteiger partial charge in [0.15, 0.2) is 12.2 Å². The molecule has 0 bridgehead atoms. The van der Waals surface area contributed by atoms with Crippen LogP contribution in [0.1, 0.15) is 41.0 Å². The van der Waals surface area contributed by atoms with Gasteiger partial charge >= 0.3 is 23.9 Å². The number of thiocarbonyl (C=S) groups is 1. The molecule has 14 heteroatoms. The van der Waals surface area contributed by atoms with Gasteiger partial charge in [-0.05, 0) is 0 Å². The number of nitrogens with one attached hydrogen (secondary N) is 1. The number of hydrogen-bond acceptors (Lipinski definition) is 12. The summed E-state index contributed by atoms with van der Waals surface area (Å²) in [6.45, 7) is 5.13. The minimum absolute atomic E-state index is 0.213. The van der Waals surface area contributed by atoms with Gasteiger partial charge in [0.2, 0.25) is 11.7 Å². The van der Waals surface area contributed by atoms with Crippen LogP contribution < -0.4 is 11.1 Å². The lowest BCUT2D eigenvalue weighted by Crippen LogP contribution is -2.69. The lowest BCUT2D eigenvalue weighted by Gasteiger charge is -2.49. The van der Waals surface area contributed by atoms with E-state index in [0.717, 1.165) is 27.7 Å². The molecular formula is C20H30N2O11S. The number of methoxy groups -OCH3 is 1. The van der Waals surface area contributed by atoms with Crippen LogP contribution in [0.2, 0.25) is 0 Å². The van der Waals surface area contributed by atoms with E-state index in [2.05, 4.69) is 5.32 Å². The van der Waals surface area contributed by atoms with E-state index in [9.17, 15) is 24.0 Å². The minimum atomic E-state index is -1.81. The maximum absolute atomic E-state index is 12.0. The lowest BCUT2D eigenvalue weighted by atomic mass is 9.88. The summed E-state index contributed by atoms with van der Waals surface area (Å²) in [6, 6.07) is -1.14. The monoisotopic (exact) mass is 506 g/mol. The van der Waals surface area contributed by atoms with Crippen LogP contribution in [-0.2, 0) is 52.4 Å². The molecule has 1 heterocycles. The maximum atomic E-state index is 12.0. The van der Waals surface area contributed by atoms with E-state index in [1.165, 1.54) is 14.0 Å². The number of nitrogens with two attached hydrogens (primary N) is 1. The highest BCUT2D eigenvalue weighted by molar-refractivity contribution is 7.80. The van der Waals surface area contributed by atoms with Crippen molar-refractivity contribution < 1.29 is 52.4 Å². The lowest BCUT2D eigenvalue weighted by molar-refractivity contribution is -0.281. The fraction of sp³-hybridized carbons (Fsp3) is 0.700. The molecule has 6 atom stereocenters. The predicted octanol–water partition coefficient (Wildman–Crippen LogP) is -0.733. The topological polar surface area (TPSA) is 179 Å². The van der Waals surface area contributed by atoms with Crippen molar-refractivity contribution in [2.24, 2.45) is 5.73 Å². The van der Waals surface area contributed by atoms with Gasteiger partial charge in [-0.3, -0.25) is 24.0 Å². The van der Waals surface area contributed by atoms with Gasteiger partial charge in [-0.15, -0.1) is 0 Å². The molecule has 0 spiro atoms. The summed E-state index contributed by atoms with van der Waals surface area (Å²) >= 11 is 5.11. The molecule has 0 radical (unpaired) electrons. The van der Waals surface area contributed by atoms with Gasteiger partial charge in [-0.25, -0.2) is 0 Å².